The third kappa shape index (κ3) is 8.94. The van der Waals surface area contributed by atoms with Gasteiger partial charge in [0.05, 0.1) is 23.7 Å². The molecule has 9 heteroatoms. The fourth-order valence-electron chi connectivity index (χ4n) is 5.91. The first-order valence-corrected chi connectivity index (χ1v) is 16.0. The maximum Gasteiger partial charge on any atom is 0.410 e. The Labute approximate surface area is 256 Å². The van der Waals surface area contributed by atoms with E-state index in [1.54, 1.807) is 0 Å². The number of carbonyl (C=O) groups excluding carboxylic acids is 1. The third-order valence-corrected chi connectivity index (χ3v) is 8.24. The van der Waals surface area contributed by atoms with Crippen LogP contribution in [0.5, 0.6) is 5.75 Å². The van der Waals surface area contributed by atoms with Crippen molar-refractivity contribution in [3.63, 3.8) is 0 Å². The van der Waals surface area contributed by atoms with Gasteiger partial charge in [0.2, 0.25) is 0 Å². The van der Waals surface area contributed by atoms with Crippen molar-refractivity contribution in [2.24, 2.45) is 0 Å². The Morgan fingerprint density at radius 1 is 1.05 bits per heavy atom. The Hall–Kier alpha value is -3.14. The fraction of sp³-hybridized carbons (Fsp3) is 0.588. The highest BCUT2D eigenvalue weighted by atomic mass is 16.6. The summed E-state index contributed by atoms with van der Waals surface area (Å²) in [5, 5.41) is 3.42. The topological polar surface area (TPSA) is 92.0 Å². The summed E-state index contributed by atoms with van der Waals surface area (Å²) in [4.78, 5) is 25.3. The van der Waals surface area contributed by atoms with E-state index in [4.69, 9.17) is 19.2 Å². The lowest BCUT2D eigenvalue weighted by molar-refractivity contribution is -0.0265. The number of likely N-dealkylation sites (tertiary alicyclic amines) is 1. The Kier molecular flexibility index (Phi) is 10.6. The second-order valence-electron chi connectivity index (χ2n) is 13.0. The van der Waals surface area contributed by atoms with E-state index in [0.29, 0.717) is 13.2 Å². The Bertz CT molecular complexity index is 1280. The molecule has 2 N–H and O–H groups in total. The van der Waals surface area contributed by atoms with Gasteiger partial charge in [0.25, 0.3) is 0 Å². The number of imidazole rings is 1. The van der Waals surface area contributed by atoms with Gasteiger partial charge in [-0.2, -0.15) is 0 Å². The molecule has 2 fully saturated rings. The molecule has 2 unspecified atom stereocenters. The predicted molar refractivity (Wildman–Crippen MR) is 170 cm³/mol. The molecule has 0 radical (unpaired) electrons. The van der Waals surface area contributed by atoms with Crippen LogP contribution in [0, 0.1) is 0 Å². The number of hydrogen-bond acceptors (Lipinski definition) is 7. The number of nitrogens with one attached hydrogen (secondary N) is 2. The number of amides is 1. The number of aromatic nitrogens is 2. The maximum atomic E-state index is 12.7. The molecule has 2 aliphatic rings. The van der Waals surface area contributed by atoms with Crippen LogP contribution in [-0.2, 0) is 9.47 Å². The zero-order valence-corrected chi connectivity index (χ0v) is 26.3. The lowest BCUT2D eigenvalue weighted by Crippen LogP contribution is -2.54. The van der Waals surface area contributed by atoms with E-state index in [-0.39, 0.29) is 24.3 Å². The van der Waals surface area contributed by atoms with Gasteiger partial charge in [-0.25, -0.2) is 9.78 Å². The summed E-state index contributed by atoms with van der Waals surface area (Å²) < 4.78 is 18.6. The lowest BCUT2D eigenvalue weighted by atomic mass is 10.0. The standard InChI is InChI=1S/C34H49N5O4/c1-34(2,3)43-33(40)39-21-18-35-24-26(39)12-6-5-9-22-41-28-13-10-11-25(23-28)31(42-27-16-19-38(4)20-17-27)32-36-29-14-7-8-15-30(29)37-32/h7-8,10-11,13-15,23,26-27,31,35H,5-6,9,12,16-22,24H2,1-4H3,(H,36,37). The fourth-order valence-corrected chi connectivity index (χ4v) is 5.91. The highest BCUT2D eigenvalue weighted by Crippen LogP contribution is 2.31. The maximum absolute atomic E-state index is 12.7. The summed E-state index contributed by atoms with van der Waals surface area (Å²) in [5.74, 6) is 1.67. The quantitative estimate of drug-likeness (QED) is 0.268. The number of piperazine rings is 1. The van der Waals surface area contributed by atoms with E-state index in [1.165, 1.54) is 0 Å². The number of unbranched alkanes of at least 4 members (excludes halogenated alkanes) is 2. The van der Waals surface area contributed by atoms with Crippen LogP contribution in [0.3, 0.4) is 0 Å². The summed E-state index contributed by atoms with van der Waals surface area (Å²) in [5.41, 5.74) is 2.52. The minimum atomic E-state index is -0.480. The van der Waals surface area contributed by atoms with E-state index < -0.39 is 5.60 Å². The molecule has 234 valence electrons. The van der Waals surface area contributed by atoms with Gasteiger partial charge in [-0.1, -0.05) is 30.7 Å². The van der Waals surface area contributed by atoms with E-state index in [9.17, 15) is 4.79 Å². The van der Waals surface area contributed by atoms with Crippen LogP contribution < -0.4 is 10.1 Å². The number of aromatic amines is 1. The first kappa shape index (κ1) is 31.3. The first-order chi connectivity index (χ1) is 20.7. The zero-order chi connectivity index (χ0) is 30.2. The Balaban J connectivity index is 1.15. The van der Waals surface area contributed by atoms with Crippen molar-refractivity contribution >= 4 is 17.1 Å². The molecule has 2 aliphatic heterocycles. The summed E-state index contributed by atoms with van der Waals surface area (Å²) in [6, 6.07) is 16.5. The Morgan fingerprint density at radius 3 is 2.65 bits per heavy atom. The number of para-hydroxylation sites is 2. The number of hydrogen-bond donors (Lipinski definition) is 2. The van der Waals surface area contributed by atoms with Gasteiger partial charge in [0, 0.05) is 38.8 Å². The van der Waals surface area contributed by atoms with Crippen LogP contribution in [0.4, 0.5) is 4.79 Å². The molecule has 3 heterocycles. The van der Waals surface area contributed by atoms with Crippen LogP contribution >= 0.6 is 0 Å². The number of carbonyl (C=O) groups is 1. The molecule has 43 heavy (non-hydrogen) atoms. The van der Waals surface area contributed by atoms with Crippen molar-refractivity contribution in [1.29, 1.82) is 0 Å². The molecule has 5 rings (SSSR count). The van der Waals surface area contributed by atoms with Gasteiger partial charge in [-0.05, 0) is 89.8 Å². The van der Waals surface area contributed by atoms with Crippen molar-refractivity contribution in [1.82, 2.24) is 25.1 Å². The minimum Gasteiger partial charge on any atom is -0.494 e. The van der Waals surface area contributed by atoms with Gasteiger partial charge >= 0.3 is 6.09 Å². The molecule has 0 saturated carbocycles. The van der Waals surface area contributed by atoms with Crippen LogP contribution in [0.15, 0.2) is 48.5 Å². The second-order valence-corrected chi connectivity index (χ2v) is 13.0. The van der Waals surface area contributed by atoms with E-state index in [1.807, 2.05) is 56.0 Å². The number of ether oxygens (including phenoxy) is 3. The minimum absolute atomic E-state index is 0.168. The van der Waals surface area contributed by atoms with Crippen LogP contribution in [0.25, 0.3) is 11.0 Å². The molecule has 1 amide bonds. The number of H-pyrrole nitrogens is 1. The summed E-state index contributed by atoms with van der Waals surface area (Å²) in [6.45, 7) is 10.8. The summed E-state index contributed by atoms with van der Waals surface area (Å²) >= 11 is 0. The van der Waals surface area contributed by atoms with Crippen LogP contribution in [0.1, 0.15) is 76.8 Å². The molecule has 2 aromatic carbocycles. The molecule has 9 nitrogen and oxygen atoms in total. The SMILES string of the molecule is CN1CCC(OC(c2cccc(OCCCCCC3CNCCN3C(=O)OC(C)(C)C)c2)c2nc3ccccc3[nH]2)CC1. The second kappa shape index (κ2) is 14.6. The van der Waals surface area contributed by atoms with E-state index >= 15 is 0 Å². The monoisotopic (exact) mass is 591 g/mol. The van der Waals surface area contributed by atoms with Gasteiger partial charge in [0.15, 0.2) is 0 Å². The Morgan fingerprint density at radius 2 is 1.86 bits per heavy atom. The molecule has 0 bridgehead atoms. The van der Waals surface area contributed by atoms with Gasteiger partial charge in [-0.15, -0.1) is 0 Å². The largest absolute Gasteiger partial charge is 0.494 e. The van der Waals surface area contributed by atoms with Gasteiger partial charge in [-0.3, -0.25) is 0 Å². The molecule has 2 atom stereocenters. The molecule has 3 aromatic rings. The number of piperidine rings is 1. The average molecular weight is 592 g/mol. The normalized spacial score (nSPS) is 19.4. The van der Waals surface area contributed by atoms with E-state index in [0.717, 1.165) is 92.9 Å². The summed E-state index contributed by atoms with van der Waals surface area (Å²) in [6.07, 6.45) is 5.69. The number of fused-ring (bicyclic) bond motifs is 1. The van der Waals surface area contributed by atoms with Crippen LogP contribution in [0.2, 0.25) is 0 Å². The van der Waals surface area contributed by atoms with Gasteiger partial charge in [0.1, 0.15) is 23.3 Å². The molecule has 0 spiro atoms. The number of nitrogens with zero attached hydrogens (tertiary/aromatic N) is 3. The number of rotatable bonds is 11. The molecular formula is C34H49N5O4. The number of benzene rings is 2. The molecule has 1 aromatic heterocycles. The lowest BCUT2D eigenvalue weighted by Gasteiger charge is -2.37. The first-order valence-electron chi connectivity index (χ1n) is 16.0. The van der Waals surface area contributed by atoms with Crippen molar-refractivity contribution < 1.29 is 19.0 Å². The van der Waals surface area contributed by atoms with E-state index in [2.05, 4.69) is 40.4 Å². The summed E-state index contributed by atoms with van der Waals surface area (Å²) in [7, 11) is 2.17. The van der Waals surface area contributed by atoms with Crippen molar-refractivity contribution in [2.75, 3.05) is 46.4 Å². The average Bonchev–Trinajstić information content (AvgIpc) is 3.42. The smallest absolute Gasteiger partial charge is 0.410 e. The van der Waals surface area contributed by atoms with Crippen molar-refractivity contribution in [3.8, 4) is 5.75 Å². The highest BCUT2D eigenvalue weighted by Gasteiger charge is 2.30. The highest BCUT2D eigenvalue weighted by molar-refractivity contribution is 5.75. The third-order valence-electron chi connectivity index (χ3n) is 8.24. The van der Waals surface area contributed by atoms with Gasteiger partial charge < -0.3 is 34.3 Å². The zero-order valence-electron chi connectivity index (χ0n) is 26.3. The molecule has 2 saturated heterocycles. The molecular weight excluding hydrogens is 542 g/mol. The molecule has 0 aliphatic carbocycles. The van der Waals surface area contributed by atoms with Crippen LogP contribution in [-0.4, -0.2) is 90.0 Å². The van der Waals surface area contributed by atoms with Crippen molar-refractivity contribution in [2.45, 2.75) is 83.1 Å². The van der Waals surface area contributed by atoms with Crippen molar-refractivity contribution in [3.05, 3.63) is 59.9 Å². The predicted octanol–water partition coefficient (Wildman–Crippen LogP) is 5.91.